The Kier molecular flexibility index (Phi) is 7.19. The predicted octanol–water partition coefficient (Wildman–Crippen LogP) is 2.85. The van der Waals surface area contributed by atoms with Gasteiger partial charge < -0.3 is 10.4 Å². The fourth-order valence-electron chi connectivity index (χ4n) is 2.19. The third kappa shape index (κ3) is 5.88. The van der Waals surface area contributed by atoms with E-state index in [0.29, 0.717) is 13.0 Å². The van der Waals surface area contributed by atoms with Crippen LogP contribution in [0.5, 0.6) is 0 Å². The highest BCUT2D eigenvalue weighted by molar-refractivity contribution is 5.76. The van der Waals surface area contributed by atoms with E-state index in [-0.39, 0.29) is 11.8 Å². The second-order valence-electron chi connectivity index (χ2n) is 4.97. The highest BCUT2D eigenvalue weighted by Crippen LogP contribution is 2.22. The zero-order valence-electron chi connectivity index (χ0n) is 11.9. The summed E-state index contributed by atoms with van der Waals surface area (Å²) in [5, 5.41) is 12.4. The minimum Gasteiger partial charge on any atom is -0.391 e. The number of carbonyl (C=O) groups is 1. The van der Waals surface area contributed by atoms with Gasteiger partial charge in [0.25, 0.3) is 0 Å². The number of benzene rings is 1. The van der Waals surface area contributed by atoms with Gasteiger partial charge in [0.05, 0.1) is 6.10 Å². The van der Waals surface area contributed by atoms with Crippen molar-refractivity contribution < 1.29 is 9.90 Å². The van der Waals surface area contributed by atoms with Crippen molar-refractivity contribution in [3.05, 3.63) is 35.9 Å². The minimum atomic E-state index is -0.425. The van der Waals surface area contributed by atoms with Gasteiger partial charge in [0.15, 0.2) is 0 Å². The smallest absolute Gasteiger partial charge is 0.220 e. The van der Waals surface area contributed by atoms with E-state index in [1.54, 1.807) is 0 Å². The molecule has 0 aliphatic rings. The highest BCUT2D eigenvalue weighted by Gasteiger charge is 2.14. The van der Waals surface area contributed by atoms with Crippen molar-refractivity contribution in [3.8, 4) is 0 Å². The first-order chi connectivity index (χ1) is 9.17. The summed E-state index contributed by atoms with van der Waals surface area (Å²) >= 11 is 0. The van der Waals surface area contributed by atoms with Gasteiger partial charge in [-0.1, -0.05) is 50.6 Å². The number of amides is 1. The maximum atomic E-state index is 11.9. The number of rotatable bonds is 8. The number of aliphatic hydroxyl groups is 1. The molecule has 3 nitrogen and oxygen atoms in total. The SMILES string of the molecule is CCCC(O)CNC(=O)CC(CC)c1ccccc1. The molecule has 0 spiro atoms. The lowest BCUT2D eigenvalue weighted by atomic mass is 9.93. The van der Waals surface area contributed by atoms with E-state index >= 15 is 0 Å². The maximum absolute atomic E-state index is 11.9. The zero-order valence-corrected chi connectivity index (χ0v) is 11.9. The molecule has 0 heterocycles. The van der Waals surface area contributed by atoms with Crippen molar-refractivity contribution in [2.24, 2.45) is 0 Å². The summed E-state index contributed by atoms with van der Waals surface area (Å²) in [7, 11) is 0. The van der Waals surface area contributed by atoms with E-state index in [1.165, 1.54) is 5.56 Å². The summed E-state index contributed by atoms with van der Waals surface area (Å²) in [4.78, 5) is 11.9. The first-order valence-electron chi connectivity index (χ1n) is 7.17. The Morgan fingerprint density at radius 1 is 1.26 bits per heavy atom. The third-order valence-corrected chi connectivity index (χ3v) is 3.35. The van der Waals surface area contributed by atoms with Crippen molar-refractivity contribution in [2.45, 2.75) is 51.6 Å². The fourth-order valence-corrected chi connectivity index (χ4v) is 2.19. The first-order valence-corrected chi connectivity index (χ1v) is 7.17. The molecule has 1 aromatic rings. The van der Waals surface area contributed by atoms with E-state index in [1.807, 2.05) is 25.1 Å². The lowest BCUT2D eigenvalue weighted by Crippen LogP contribution is -2.32. The molecule has 19 heavy (non-hydrogen) atoms. The van der Waals surface area contributed by atoms with E-state index in [2.05, 4.69) is 24.4 Å². The van der Waals surface area contributed by atoms with Crippen LogP contribution in [0.1, 0.15) is 51.0 Å². The Balaban J connectivity index is 2.41. The van der Waals surface area contributed by atoms with Crippen LogP contribution in [0.15, 0.2) is 30.3 Å². The minimum absolute atomic E-state index is 0.0193. The molecule has 0 saturated carbocycles. The van der Waals surface area contributed by atoms with E-state index < -0.39 is 6.10 Å². The Bertz CT molecular complexity index is 364. The van der Waals surface area contributed by atoms with Crippen LogP contribution in [0.25, 0.3) is 0 Å². The molecular formula is C16H25NO2. The molecule has 0 aliphatic carbocycles. The van der Waals surface area contributed by atoms with Crippen molar-refractivity contribution >= 4 is 5.91 Å². The standard InChI is InChI=1S/C16H25NO2/c1-3-8-15(18)12-17-16(19)11-13(4-2)14-9-6-5-7-10-14/h5-7,9-10,13,15,18H,3-4,8,11-12H2,1-2H3,(H,17,19). The number of nitrogens with one attached hydrogen (secondary N) is 1. The van der Waals surface area contributed by atoms with E-state index in [9.17, 15) is 9.90 Å². The molecule has 0 bridgehead atoms. The second kappa shape index (κ2) is 8.70. The summed E-state index contributed by atoms with van der Waals surface area (Å²) in [5.41, 5.74) is 1.20. The van der Waals surface area contributed by atoms with Crippen LogP contribution in [0.4, 0.5) is 0 Å². The van der Waals surface area contributed by atoms with Gasteiger partial charge in [-0.2, -0.15) is 0 Å². The normalized spacial score (nSPS) is 13.8. The Labute approximate surface area is 116 Å². The number of hydrogen-bond acceptors (Lipinski definition) is 2. The molecule has 2 unspecified atom stereocenters. The summed E-state index contributed by atoms with van der Waals surface area (Å²) in [6.07, 6.45) is 2.66. The third-order valence-electron chi connectivity index (χ3n) is 3.35. The molecule has 3 heteroatoms. The number of aliphatic hydroxyl groups excluding tert-OH is 1. The van der Waals surface area contributed by atoms with Crippen molar-refractivity contribution in [1.82, 2.24) is 5.32 Å². The quantitative estimate of drug-likeness (QED) is 0.757. The maximum Gasteiger partial charge on any atom is 0.220 e. The molecule has 0 radical (unpaired) electrons. The van der Waals surface area contributed by atoms with Gasteiger partial charge in [0.2, 0.25) is 5.91 Å². The van der Waals surface area contributed by atoms with Gasteiger partial charge in [-0.25, -0.2) is 0 Å². The van der Waals surface area contributed by atoms with Crippen molar-refractivity contribution in [3.63, 3.8) is 0 Å². The number of hydrogen-bond donors (Lipinski definition) is 2. The molecule has 1 rings (SSSR count). The highest BCUT2D eigenvalue weighted by atomic mass is 16.3. The topological polar surface area (TPSA) is 49.3 Å². The van der Waals surface area contributed by atoms with Crippen LogP contribution in [-0.4, -0.2) is 23.7 Å². The molecule has 0 saturated heterocycles. The van der Waals surface area contributed by atoms with Gasteiger partial charge in [0, 0.05) is 13.0 Å². The predicted molar refractivity (Wildman–Crippen MR) is 78.0 cm³/mol. The summed E-state index contributed by atoms with van der Waals surface area (Å²) < 4.78 is 0. The van der Waals surface area contributed by atoms with Crippen LogP contribution < -0.4 is 5.32 Å². The second-order valence-corrected chi connectivity index (χ2v) is 4.97. The van der Waals surface area contributed by atoms with Crippen LogP contribution in [-0.2, 0) is 4.79 Å². The van der Waals surface area contributed by atoms with Crippen LogP contribution in [0.3, 0.4) is 0 Å². The lowest BCUT2D eigenvalue weighted by molar-refractivity contribution is -0.122. The van der Waals surface area contributed by atoms with Gasteiger partial charge in [0.1, 0.15) is 0 Å². The van der Waals surface area contributed by atoms with Gasteiger partial charge >= 0.3 is 0 Å². The molecule has 106 valence electrons. The summed E-state index contributed by atoms with van der Waals surface area (Å²) in [6, 6.07) is 10.1. The van der Waals surface area contributed by atoms with E-state index in [4.69, 9.17) is 0 Å². The fraction of sp³-hybridized carbons (Fsp3) is 0.562. The zero-order chi connectivity index (χ0) is 14.1. The first kappa shape index (κ1) is 15.7. The van der Waals surface area contributed by atoms with Crippen LogP contribution >= 0.6 is 0 Å². The average molecular weight is 263 g/mol. The monoisotopic (exact) mass is 263 g/mol. The molecule has 2 atom stereocenters. The lowest BCUT2D eigenvalue weighted by Gasteiger charge is -2.16. The molecule has 0 aromatic heterocycles. The average Bonchev–Trinajstić information content (AvgIpc) is 2.44. The summed E-state index contributed by atoms with van der Waals surface area (Å²) in [5.74, 6) is 0.273. The Morgan fingerprint density at radius 3 is 2.53 bits per heavy atom. The molecule has 2 N–H and O–H groups in total. The molecule has 0 fully saturated rings. The van der Waals surface area contributed by atoms with Crippen LogP contribution in [0, 0.1) is 0 Å². The Morgan fingerprint density at radius 2 is 1.95 bits per heavy atom. The number of carbonyl (C=O) groups excluding carboxylic acids is 1. The molecular weight excluding hydrogens is 238 g/mol. The van der Waals surface area contributed by atoms with Gasteiger partial charge in [-0.15, -0.1) is 0 Å². The Hall–Kier alpha value is -1.35. The largest absolute Gasteiger partial charge is 0.391 e. The molecule has 1 aromatic carbocycles. The van der Waals surface area contributed by atoms with Gasteiger partial charge in [-0.05, 0) is 24.3 Å². The summed E-state index contributed by atoms with van der Waals surface area (Å²) in [6.45, 7) is 4.47. The van der Waals surface area contributed by atoms with Crippen LogP contribution in [0.2, 0.25) is 0 Å². The molecule has 0 aliphatic heterocycles. The van der Waals surface area contributed by atoms with Gasteiger partial charge in [-0.3, -0.25) is 4.79 Å². The van der Waals surface area contributed by atoms with E-state index in [0.717, 1.165) is 19.3 Å². The molecule has 1 amide bonds. The van der Waals surface area contributed by atoms with Crippen molar-refractivity contribution in [1.29, 1.82) is 0 Å². The van der Waals surface area contributed by atoms with Crippen molar-refractivity contribution in [2.75, 3.05) is 6.54 Å².